The van der Waals surface area contributed by atoms with Crippen molar-refractivity contribution in [1.82, 2.24) is 5.32 Å². The van der Waals surface area contributed by atoms with Crippen LogP contribution in [0, 0.1) is 0 Å². The van der Waals surface area contributed by atoms with Crippen molar-refractivity contribution in [1.29, 1.82) is 0 Å². The maximum atomic E-state index is 11.6. The van der Waals surface area contributed by atoms with Gasteiger partial charge in [0.2, 0.25) is 5.91 Å². The van der Waals surface area contributed by atoms with E-state index in [2.05, 4.69) is 16.8 Å². The highest BCUT2D eigenvalue weighted by molar-refractivity contribution is 7.46. The molecule has 0 saturated carbocycles. The van der Waals surface area contributed by atoms with Crippen LogP contribution in [0.1, 0.15) is 84.0 Å². The lowest BCUT2D eigenvalue weighted by Gasteiger charge is -2.12. The number of phosphoric acid groups is 1. The van der Waals surface area contributed by atoms with Crippen molar-refractivity contribution in [3.63, 3.8) is 0 Å². The quantitative estimate of drug-likeness (QED) is 0.227. The summed E-state index contributed by atoms with van der Waals surface area (Å²) in [5.74, 6) is -0.161. The molecule has 0 aliphatic carbocycles. The average molecular weight is 381 g/mol. The summed E-state index contributed by atoms with van der Waals surface area (Å²) in [6.07, 6.45) is 12.7. The van der Waals surface area contributed by atoms with Crippen molar-refractivity contribution in [2.45, 2.75) is 90.1 Å². The number of aliphatic hydroxyl groups excluding tert-OH is 1. The molecule has 1 unspecified atom stereocenters. The monoisotopic (exact) mass is 381 g/mol. The molecule has 0 aliphatic heterocycles. The van der Waals surface area contributed by atoms with E-state index in [1.54, 1.807) is 0 Å². The Bertz CT molecular complexity index is 374. The summed E-state index contributed by atoms with van der Waals surface area (Å²) in [7, 11) is -4.58. The molecule has 0 aromatic rings. The number of hydrogen-bond acceptors (Lipinski definition) is 4. The summed E-state index contributed by atoms with van der Waals surface area (Å²) in [5, 5.41) is 12.0. The van der Waals surface area contributed by atoms with Gasteiger partial charge >= 0.3 is 7.82 Å². The molecule has 25 heavy (non-hydrogen) atoms. The van der Waals surface area contributed by atoms with Crippen LogP contribution >= 0.6 is 7.82 Å². The number of phosphoric ester groups is 1. The second-order valence-corrected chi connectivity index (χ2v) is 7.77. The standard InChI is InChI=1S/C17H36NO6P/c1-2-3-4-5-6-7-8-9-10-11-12-13-17(20)18-14-16(19)15-24-25(21,22)23/h16,19H,2-15H2,1H3,(H,18,20)(H2,21,22,23). The Hall–Kier alpha value is -0.460. The zero-order chi connectivity index (χ0) is 19.0. The van der Waals surface area contributed by atoms with Gasteiger partial charge in [-0.15, -0.1) is 0 Å². The zero-order valence-electron chi connectivity index (χ0n) is 15.5. The minimum Gasteiger partial charge on any atom is -0.389 e. The molecular weight excluding hydrogens is 345 g/mol. The Morgan fingerprint density at radius 3 is 1.92 bits per heavy atom. The molecule has 0 rings (SSSR count). The van der Waals surface area contributed by atoms with E-state index in [4.69, 9.17) is 9.79 Å². The van der Waals surface area contributed by atoms with Crippen LogP contribution in [0.5, 0.6) is 0 Å². The van der Waals surface area contributed by atoms with E-state index < -0.39 is 20.5 Å². The lowest BCUT2D eigenvalue weighted by atomic mass is 10.1. The number of carbonyl (C=O) groups is 1. The molecule has 0 aliphatic rings. The van der Waals surface area contributed by atoms with E-state index in [0.29, 0.717) is 6.42 Å². The first kappa shape index (κ1) is 24.5. The van der Waals surface area contributed by atoms with Gasteiger partial charge in [0.1, 0.15) is 0 Å². The average Bonchev–Trinajstić information content (AvgIpc) is 2.55. The molecule has 0 saturated heterocycles. The molecule has 0 spiro atoms. The van der Waals surface area contributed by atoms with E-state index in [0.717, 1.165) is 19.3 Å². The molecular formula is C17H36NO6P. The highest BCUT2D eigenvalue weighted by atomic mass is 31.2. The zero-order valence-corrected chi connectivity index (χ0v) is 16.4. The molecule has 8 heteroatoms. The normalized spacial score (nSPS) is 13.0. The Labute approximate surface area is 151 Å². The van der Waals surface area contributed by atoms with E-state index in [-0.39, 0.29) is 12.5 Å². The smallest absolute Gasteiger partial charge is 0.389 e. The summed E-state index contributed by atoms with van der Waals surface area (Å²) in [6.45, 7) is 1.64. The van der Waals surface area contributed by atoms with Gasteiger partial charge in [0.25, 0.3) is 0 Å². The first-order valence-electron chi connectivity index (χ1n) is 9.50. The number of hydrogen-bond donors (Lipinski definition) is 4. The molecule has 0 heterocycles. The third-order valence-electron chi connectivity index (χ3n) is 3.98. The van der Waals surface area contributed by atoms with Crippen LogP contribution in [0.25, 0.3) is 0 Å². The number of carbonyl (C=O) groups excluding carboxylic acids is 1. The third kappa shape index (κ3) is 19.7. The second-order valence-electron chi connectivity index (χ2n) is 6.53. The molecule has 0 aromatic carbocycles. The maximum Gasteiger partial charge on any atom is 0.469 e. The molecule has 1 atom stereocenters. The molecule has 150 valence electrons. The Morgan fingerprint density at radius 2 is 1.44 bits per heavy atom. The van der Waals surface area contributed by atoms with Crippen LogP contribution in [-0.4, -0.2) is 40.1 Å². The van der Waals surface area contributed by atoms with Gasteiger partial charge in [0.15, 0.2) is 0 Å². The molecule has 0 radical (unpaired) electrons. The fourth-order valence-electron chi connectivity index (χ4n) is 2.51. The molecule has 0 aromatic heterocycles. The first-order chi connectivity index (χ1) is 11.8. The molecule has 1 amide bonds. The van der Waals surface area contributed by atoms with Gasteiger partial charge in [-0.3, -0.25) is 9.32 Å². The van der Waals surface area contributed by atoms with Crippen molar-refractivity contribution in [2.75, 3.05) is 13.2 Å². The predicted octanol–water partition coefficient (Wildman–Crippen LogP) is 3.27. The highest BCUT2D eigenvalue weighted by Gasteiger charge is 2.17. The summed E-state index contributed by atoms with van der Waals surface area (Å²) >= 11 is 0. The molecule has 7 nitrogen and oxygen atoms in total. The van der Waals surface area contributed by atoms with Gasteiger partial charge in [-0.05, 0) is 6.42 Å². The molecule has 0 fully saturated rings. The number of unbranched alkanes of at least 4 members (excludes halogenated alkanes) is 10. The Morgan fingerprint density at radius 1 is 0.960 bits per heavy atom. The van der Waals surface area contributed by atoms with Crippen molar-refractivity contribution in [3.05, 3.63) is 0 Å². The number of nitrogens with one attached hydrogen (secondary N) is 1. The topological polar surface area (TPSA) is 116 Å². The van der Waals surface area contributed by atoms with Gasteiger partial charge in [0, 0.05) is 13.0 Å². The fourth-order valence-corrected chi connectivity index (χ4v) is 2.88. The van der Waals surface area contributed by atoms with Gasteiger partial charge in [-0.2, -0.15) is 0 Å². The van der Waals surface area contributed by atoms with Gasteiger partial charge < -0.3 is 20.2 Å². The lowest BCUT2D eigenvalue weighted by molar-refractivity contribution is -0.121. The van der Waals surface area contributed by atoms with Crippen molar-refractivity contribution in [2.24, 2.45) is 0 Å². The van der Waals surface area contributed by atoms with Crippen molar-refractivity contribution >= 4 is 13.7 Å². The van der Waals surface area contributed by atoms with Crippen LogP contribution in [0.15, 0.2) is 0 Å². The highest BCUT2D eigenvalue weighted by Crippen LogP contribution is 2.35. The molecule has 4 N–H and O–H groups in total. The summed E-state index contributed by atoms with van der Waals surface area (Å²) in [4.78, 5) is 28.6. The van der Waals surface area contributed by atoms with Gasteiger partial charge in [0.05, 0.1) is 12.7 Å². The second kappa shape index (κ2) is 15.8. The van der Waals surface area contributed by atoms with Crippen LogP contribution in [-0.2, 0) is 13.9 Å². The maximum absolute atomic E-state index is 11.6. The van der Waals surface area contributed by atoms with E-state index in [1.165, 1.54) is 51.4 Å². The van der Waals surface area contributed by atoms with Crippen molar-refractivity contribution < 1.29 is 28.8 Å². The molecule has 0 bridgehead atoms. The van der Waals surface area contributed by atoms with Gasteiger partial charge in [-0.1, -0.05) is 71.1 Å². The van der Waals surface area contributed by atoms with Crippen LogP contribution in [0.2, 0.25) is 0 Å². The predicted molar refractivity (Wildman–Crippen MR) is 98.1 cm³/mol. The fraction of sp³-hybridized carbons (Fsp3) is 0.941. The summed E-state index contributed by atoms with van der Waals surface area (Å²) < 4.78 is 14.6. The first-order valence-corrected chi connectivity index (χ1v) is 11.0. The van der Waals surface area contributed by atoms with Crippen molar-refractivity contribution in [3.8, 4) is 0 Å². The third-order valence-corrected chi connectivity index (χ3v) is 4.46. The van der Waals surface area contributed by atoms with E-state index in [9.17, 15) is 14.5 Å². The van der Waals surface area contributed by atoms with Crippen LogP contribution < -0.4 is 5.32 Å². The summed E-state index contributed by atoms with van der Waals surface area (Å²) in [6, 6.07) is 0. The van der Waals surface area contributed by atoms with E-state index >= 15 is 0 Å². The van der Waals surface area contributed by atoms with E-state index in [1.807, 2.05) is 0 Å². The minimum absolute atomic E-state index is 0.0726. The summed E-state index contributed by atoms with van der Waals surface area (Å²) in [5.41, 5.74) is 0. The lowest BCUT2D eigenvalue weighted by Crippen LogP contribution is -2.34. The van der Waals surface area contributed by atoms with Crippen LogP contribution in [0.4, 0.5) is 0 Å². The van der Waals surface area contributed by atoms with Crippen LogP contribution in [0.3, 0.4) is 0 Å². The number of amides is 1. The Kier molecular flexibility index (Phi) is 15.5. The Balaban J connectivity index is 3.37. The number of aliphatic hydroxyl groups is 1. The SMILES string of the molecule is CCCCCCCCCCCCCC(=O)NCC(O)COP(=O)(O)O. The van der Waals surface area contributed by atoms with Gasteiger partial charge in [-0.25, -0.2) is 4.57 Å². The minimum atomic E-state index is -4.58. The largest absolute Gasteiger partial charge is 0.469 e. The number of rotatable bonds is 17.